The fourth-order valence-corrected chi connectivity index (χ4v) is 1.58. The molecule has 0 radical (unpaired) electrons. The number of halogens is 2. The van der Waals surface area contributed by atoms with Gasteiger partial charge in [0, 0.05) is 6.04 Å². The second kappa shape index (κ2) is 5.44. The van der Waals surface area contributed by atoms with Crippen molar-refractivity contribution in [2.24, 2.45) is 0 Å². The molecule has 2 aromatic rings. The highest BCUT2D eigenvalue weighted by Gasteiger charge is 2.19. The Morgan fingerprint density at radius 2 is 2.05 bits per heavy atom. The Bertz CT molecular complexity index is 581. The van der Waals surface area contributed by atoms with Crippen LogP contribution in [0.2, 0.25) is 0 Å². The van der Waals surface area contributed by atoms with Crippen molar-refractivity contribution in [2.75, 3.05) is 0 Å². The van der Waals surface area contributed by atoms with Crippen LogP contribution in [-0.2, 0) is 6.54 Å². The second-order valence-electron chi connectivity index (χ2n) is 4.60. The fraction of sp³-hybridized carbons (Fsp3) is 0.385. The van der Waals surface area contributed by atoms with E-state index in [0.29, 0.717) is 17.9 Å². The number of aryl methyl sites for hydroxylation is 1. The van der Waals surface area contributed by atoms with Crippen LogP contribution in [0.25, 0.3) is 11.5 Å². The lowest BCUT2D eigenvalue weighted by molar-refractivity contribution is 0.412. The van der Waals surface area contributed by atoms with Gasteiger partial charge in [0.1, 0.15) is 17.2 Å². The molecule has 1 N–H and O–H groups in total. The van der Waals surface area contributed by atoms with Gasteiger partial charge in [-0.1, -0.05) is 25.1 Å². The Hall–Kier alpha value is -1.82. The van der Waals surface area contributed by atoms with Crippen molar-refractivity contribution >= 4 is 0 Å². The first kappa shape index (κ1) is 13.6. The third-order valence-corrected chi connectivity index (χ3v) is 2.63. The number of benzene rings is 1. The van der Waals surface area contributed by atoms with Crippen molar-refractivity contribution < 1.29 is 13.3 Å². The summed E-state index contributed by atoms with van der Waals surface area (Å²) in [5.41, 5.74) is 0.0553. The maximum absolute atomic E-state index is 13.9. The highest BCUT2D eigenvalue weighted by molar-refractivity contribution is 5.56. The van der Waals surface area contributed by atoms with E-state index in [4.69, 9.17) is 4.52 Å². The van der Waals surface area contributed by atoms with Crippen LogP contribution < -0.4 is 5.32 Å². The molecule has 1 heterocycles. The van der Waals surface area contributed by atoms with Gasteiger partial charge in [-0.3, -0.25) is 0 Å². The van der Waals surface area contributed by atoms with Gasteiger partial charge in [-0.15, -0.1) is 0 Å². The molecule has 0 amide bonds. The van der Waals surface area contributed by atoms with E-state index in [1.54, 1.807) is 6.92 Å². The second-order valence-corrected chi connectivity index (χ2v) is 4.60. The van der Waals surface area contributed by atoms with Crippen molar-refractivity contribution in [3.05, 3.63) is 35.2 Å². The Kier molecular flexibility index (Phi) is 3.90. The molecule has 1 aromatic carbocycles. The number of rotatable bonds is 4. The first-order valence-corrected chi connectivity index (χ1v) is 6.00. The third-order valence-electron chi connectivity index (χ3n) is 2.63. The highest BCUT2D eigenvalue weighted by Crippen LogP contribution is 2.26. The summed E-state index contributed by atoms with van der Waals surface area (Å²) in [6, 6.07) is 2.81. The van der Waals surface area contributed by atoms with E-state index in [9.17, 15) is 8.78 Å². The van der Waals surface area contributed by atoms with Crippen LogP contribution in [0.3, 0.4) is 0 Å². The number of nitrogens with one attached hydrogen (secondary N) is 1. The molecular weight excluding hydrogens is 252 g/mol. The molecular formula is C13H15F2N3O. The standard InChI is InChI=1S/C13H15F2N3O/c1-7(2)16-6-10-17-13(19-18-10)11-9(14)5-4-8(3)12(11)15/h4-5,7,16H,6H2,1-3H3. The van der Waals surface area contributed by atoms with E-state index in [-0.39, 0.29) is 17.5 Å². The molecule has 0 spiro atoms. The average Bonchev–Trinajstić information content (AvgIpc) is 2.80. The quantitative estimate of drug-likeness (QED) is 0.925. The molecule has 0 fully saturated rings. The van der Waals surface area contributed by atoms with E-state index in [1.807, 2.05) is 13.8 Å². The molecule has 6 heteroatoms. The molecule has 0 saturated carbocycles. The van der Waals surface area contributed by atoms with Gasteiger partial charge in [0.05, 0.1) is 6.54 Å². The Morgan fingerprint density at radius 1 is 1.32 bits per heavy atom. The van der Waals surface area contributed by atoms with Crippen molar-refractivity contribution in [1.82, 2.24) is 15.5 Å². The van der Waals surface area contributed by atoms with Crippen LogP contribution in [0.4, 0.5) is 8.78 Å². The van der Waals surface area contributed by atoms with E-state index in [1.165, 1.54) is 12.1 Å². The lowest BCUT2D eigenvalue weighted by Crippen LogP contribution is -2.22. The molecule has 4 nitrogen and oxygen atoms in total. The van der Waals surface area contributed by atoms with E-state index in [0.717, 1.165) is 0 Å². The van der Waals surface area contributed by atoms with Crippen LogP contribution in [-0.4, -0.2) is 16.2 Å². The lowest BCUT2D eigenvalue weighted by atomic mass is 10.1. The summed E-state index contributed by atoms with van der Waals surface area (Å²) in [6.45, 7) is 5.88. The summed E-state index contributed by atoms with van der Waals surface area (Å²) >= 11 is 0. The van der Waals surface area contributed by atoms with Gasteiger partial charge in [0.15, 0.2) is 5.82 Å². The van der Waals surface area contributed by atoms with Gasteiger partial charge in [-0.2, -0.15) is 4.98 Å². The van der Waals surface area contributed by atoms with Crippen LogP contribution in [0.5, 0.6) is 0 Å². The van der Waals surface area contributed by atoms with Crippen LogP contribution in [0.1, 0.15) is 25.2 Å². The van der Waals surface area contributed by atoms with Crippen LogP contribution in [0, 0.1) is 18.6 Å². The van der Waals surface area contributed by atoms with Gasteiger partial charge >= 0.3 is 0 Å². The van der Waals surface area contributed by atoms with Crippen molar-refractivity contribution in [2.45, 2.75) is 33.4 Å². The van der Waals surface area contributed by atoms with Gasteiger partial charge in [0.2, 0.25) is 0 Å². The number of hydrogen-bond donors (Lipinski definition) is 1. The normalized spacial score (nSPS) is 11.3. The number of aromatic nitrogens is 2. The maximum Gasteiger partial charge on any atom is 0.263 e. The van der Waals surface area contributed by atoms with Crippen LogP contribution >= 0.6 is 0 Å². The minimum Gasteiger partial charge on any atom is -0.334 e. The molecule has 19 heavy (non-hydrogen) atoms. The van der Waals surface area contributed by atoms with E-state index in [2.05, 4.69) is 15.5 Å². The first-order valence-electron chi connectivity index (χ1n) is 6.00. The van der Waals surface area contributed by atoms with E-state index >= 15 is 0 Å². The first-order chi connectivity index (χ1) is 8.99. The largest absolute Gasteiger partial charge is 0.334 e. The van der Waals surface area contributed by atoms with Crippen molar-refractivity contribution in [3.63, 3.8) is 0 Å². The summed E-state index contributed by atoms with van der Waals surface area (Å²) in [7, 11) is 0. The molecule has 2 rings (SSSR count). The molecule has 102 valence electrons. The molecule has 0 aliphatic rings. The summed E-state index contributed by atoms with van der Waals surface area (Å²) in [5.74, 6) is -1.16. The third kappa shape index (κ3) is 2.96. The molecule has 0 aliphatic carbocycles. The number of nitrogens with zero attached hydrogens (tertiary/aromatic N) is 2. The summed E-state index contributed by atoms with van der Waals surface area (Å²) in [5, 5.41) is 6.79. The Labute approximate surface area is 109 Å². The summed E-state index contributed by atoms with van der Waals surface area (Å²) < 4.78 is 32.5. The van der Waals surface area contributed by atoms with E-state index < -0.39 is 11.6 Å². The average molecular weight is 267 g/mol. The zero-order chi connectivity index (χ0) is 14.0. The minimum atomic E-state index is -0.713. The zero-order valence-corrected chi connectivity index (χ0v) is 11.0. The molecule has 0 atom stereocenters. The highest BCUT2D eigenvalue weighted by atomic mass is 19.1. The molecule has 0 unspecified atom stereocenters. The van der Waals surface area contributed by atoms with Crippen molar-refractivity contribution in [3.8, 4) is 11.5 Å². The molecule has 0 saturated heterocycles. The fourth-order valence-electron chi connectivity index (χ4n) is 1.58. The van der Waals surface area contributed by atoms with Crippen LogP contribution in [0.15, 0.2) is 16.7 Å². The predicted octanol–water partition coefficient (Wildman–Crippen LogP) is 2.82. The zero-order valence-electron chi connectivity index (χ0n) is 11.0. The molecule has 0 aliphatic heterocycles. The monoisotopic (exact) mass is 267 g/mol. The smallest absolute Gasteiger partial charge is 0.263 e. The van der Waals surface area contributed by atoms with Crippen molar-refractivity contribution in [1.29, 1.82) is 0 Å². The van der Waals surface area contributed by atoms with Gasteiger partial charge in [0.25, 0.3) is 5.89 Å². The SMILES string of the molecule is Cc1ccc(F)c(-c2nc(CNC(C)C)no2)c1F. The number of hydrogen-bond acceptors (Lipinski definition) is 4. The Morgan fingerprint density at radius 3 is 2.74 bits per heavy atom. The predicted molar refractivity (Wildman–Crippen MR) is 66.4 cm³/mol. The molecule has 0 bridgehead atoms. The minimum absolute atomic E-state index is 0.140. The van der Waals surface area contributed by atoms with Gasteiger partial charge in [-0.05, 0) is 18.6 Å². The summed E-state index contributed by atoms with van der Waals surface area (Å²) in [4.78, 5) is 3.99. The molecule has 1 aromatic heterocycles. The topological polar surface area (TPSA) is 51.0 Å². The Balaban J connectivity index is 2.30. The lowest BCUT2D eigenvalue weighted by Gasteiger charge is -2.03. The van der Waals surface area contributed by atoms with Gasteiger partial charge in [-0.25, -0.2) is 8.78 Å². The maximum atomic E-state index is 13.9. The van der Waals surface area contributed by atoms with Gasteiger partial charge < -0.3 is 9.84 Å². The summed E-state index contributed by atoms with van der Waals surface area (Å²) in [6.07, 6.45) is 0.